The largest absolute Gasteiger partial charge is 0.748 e. The predicted octanol–water partition coefficient (Wildman–Crippen LogP) is 5.59. The topological polar surface area (TPSA) is 146 Å². The molecule has 212 valence electrons. The molecule has 2 N–H and O–H groups in total. The molecule has 1 fully saturated rings. The third-order valence-electron chi connectivity index (χ3n) is 6.18. The number of carbonyl (C=O) groups excluding carboxylic acids is 1. The van der Waals surface area contributed by atoms with Crippen LogP contribution in [0.15, 0.2) is 53.2 Å². The van der Waals surface area contributed by atoms with Crippen LogP contribution in [-0.2, 0) is 26.7 Å². The highest BCUT2D eigenvalue weighted by atomic mass is 32.2. The molecule has 39 heavy (non-hydrogen) atoms. The number of pyridine rings is 1. The van der Waals surface area contributed by atoms with Crippen LogP contribution in [0.3, 0.4) is 0 Å². The Bertz CT molecular complexity index is 1290. The number of benzene rings is 1. The maximum Gasteiger partial charge on any atom is 0.324 e. The van der Waals surface area contributed by atoms with Gasteiger partial charge in [0.1, 0.15) is 5.76 Å². The third kappa shape index (κ3) is 11.2. The Morgan fingerprint density at radius 1 is 1.05 bits per heavy atom. The van der Waals surface area contributed by atoms with Crippen LogP contribution in [0.25, 0.3) is 11.1 Å². The first kappa shape index (κ1) is 30.3. The number of rotatable bonds is 7. The maximum absolute atomic E-state index is 12.3. The van der Waals surface area contributed by atoms with Crippen molar-refractivity contribution in [3.63, 3.8) is 0 Å². The number of anilines is 2. The van der Waals surface area contributed by atoms with Gasteiger partial charge in [-0.05, 0) is 61.8 Å². The highest BCUT2D eigenvalue weighted by molar-refractivity contribution is 7.84. The quantitative estimate of drug-likeness (QED) is 0.358. The number of nitrogens with one attached hydrogen (secondary N) is 2. The lowest BCUT2D eigenvalue weighted by atomic mass is 9.93. The number of urea groups is 1. The Kier molecular flexibility index (Phi) is 10.6. The van der Waals surface area contributed by atoms with Gasteiger partial charge in [-0.25, -0.2) is 13.2 Å². The summed E-state index contributed by atoms with van der Waals surface area (Å²) >= 11 is 0. The first-order valence-electron chi connectivity index (χ1n) is 13.0. The standard InChI is InChI=1S/C27H34N4O3.CH4O3S/c1-27(2,3)24-17-25(31-34-24)30-26(32)29-23-11-7-20(8-12-23)21-9-10-22(28-18-21)6-4-5-19-13-15-33-16-14-19;1-5(2,3)4/h7-12,17-19H,4-6,13-16H2,1-3H3,(H2,29,30,31,32);1H3,(H,2,3,4)/p-1. The van der Waals surface area contributed by atoms with Crippen LogP contribution >= 0.6 is 0 Å². The second-order valence-electron chi connectivity index (χ2n) is 10.7. The van der Waals surface area contributed by atoms with E-state index < -0.39 is 10.1 Å². The van der Waals surface area contributed by atoms with E-state index in [9.17, 15) is 4.79 Å². The summed E-state index contributed by atoms with van der Waals surface area (Å²) in [4.78, 5) is 17.0. The zero-order valence-electron chi connectivity index (χ0n) is 22.9. The lowest BCUT2D eigenvalue weighted by Gasteiger charge is -2.21. The molecule has 0 bridgehead atoms. The number of ether oxygens (including phenoxy) is 1. The molecule has 0 radical (unpaired) electrons. The summed E-state index contributed by atoms with van der Waals surface area (Å²) in [5.74, 6) is 1.91. The Morgan fingerprint density at radius 3 is 2.26 bits per heavy atom. The van der Waals surface area contributed by atoms with Crippen molar-refractivity contribution < 1.29 is 27.0 Å². The first-order valence-corrected chi connectivity index (χ1v) is 14.8. The van der Waals surface area contributed by atoms with E-state index in [2.05, 4.69) is 32.9 Å². The fourth-order valence-corrected chi connectivity index (χ4v) is 4.06. The summed E-state index contributed by atoms with van der Waals surface area (Å²) in [6.07, 6.45) is 8.35. The van der Waals surface area contributed by atoms with Crippen molar-refractivity contribution in [1.29, 1.82) is 0 Å². The van der Waals surface area contributed by atoms with Gasteiger partial charge in [0.2, 0.25) is 0 Å². The maximum atomic E-state index is 12.3. The fraction of sp³-hybridized carbons (Fsp3) is 0.464. The van der Waals surface area contributed by atoms with Gasteiger partial charge in [0, 0.05) is 54.1 Å². The molecule has 11 heteroatoms. The Morgan fingerprint density at radius 2 is 1.69 bits per heavy atom. The van der Waals surface area contributed by atoms with Gasteiger partial charge in [0.05, 0.1) is 10.1 Å². The van der Waals surface area contributed by atoms with E-state index in [-0.39, 0.29) is 11.4 Å². The zero-order valence-corrected chi connectivity index (χ0v) is 23.7. The average Bonchev–Trinajstić information content (AvgIpc) is 3.34. The average molecular weight is 558 g/mol. The SMILES string of the molecule is CC(C)(C)c1cc(NC(=O)Nc2ccc(-c3ccc(CCCC4CCOCC4)nc3)cc2)no1.CS(=O)(=O)[O-]. The van der Waals surface area contributed by atoms with Gasteiger partial charge in [0.25, 0.3) is 0 Å². The minimum atomic E-state index is -3.92. The van der Waals surface area contributed by atoms with Crippen LogP contribution in [0.4, 0.5) is 16.3 Å². The smallest absolute Gasteiger partial charge is 0.324 e. The Balaban J connectivity index is 0.000000771. The van der Waals surface area contributed by atoms with Gasteiger partial charge < -0.3 is 19.1 Å². The molecule has 3 aromatic rings. The van der Waals surface area contributed by atoms with E-state index in [0.717, 1.165) is 42.4 Å². The Hall–Kier alpha value is -3.28. The van der Waals surface area contributed by atoms with Crippen molar-refractivity contribution in [2.75, 3.05) is 30.1 Å². The number of aryl methyl sites for hydroxylation is 1. The van der Waals surface area contributed by atoms with Gasteiger partial charge >= 0.3 is 6.03 Å². The lowest BCUT2D eigenvalue weighted by molar-refractivity contribution is 0.0633. The highest BCUT2D eigenvalue weighted by Crippen LogP contribution is 2.25. The first-order chi connectivity index (χ1) is 18.4. The van der Waals surface area contributed by atoms with E-state index in [1.807, 2.05) is 51.2 Å². The normalized spacial score (nSPS) is 14.3. The molecule has 0 atom stereocenters. The van der Waals surface area contributed by atoms with Crippen molar-refractivity contribution in [3.8, 4) is 11.1 Å². The van der Waals surface area contributed by atoms with E-state index in [1.165, 1.54) is 25.7 Å². The van der Waals surface area contributed by atoms with E-state index >= 15 is 0 Å². The Labute approximate surface area is 230 Å². The molecule has 0 spiro atoms. The number of hydrogen-bond donors (Lipinski definition) is 2. The molecular formula is C28H37N4O6S-. The van der Waals surface area contributed by atoms with Gasteiger partial charge in [0.15, 0.2) is 5.82 Å². The molecule has 10 nitrogen and oxygen atoms in total. The van der Waals surface area contributed by atoms with Crippen molar-refractivity contribution >= 4 is 27.7 Å². The summed E-state index contributed by atoms with van der Waals surface area (Å²) < 4.78 is 38.0. The monoisotopic (exact) mass is 557 g/mol. The summed E-state index contributed by atoms with van der Waals surface area (Å²) in [6.45, 7) is 7.90. The highest BCUT2D eigenvalue weighted by Gasteiger charge is 2.20. The summed E-state index contributed by atoms with van der Waals surface area (Å²) in [5.41, 5.74) is 3.77. The van der Waals surface area contributed by atoms with Crippen molar-refractivity contribution in [3.05, 3.63) is 60.1 Å². The van der Waals surface area contributed by atoms with Crippen LogP contribution in [0.5, 0.6) is 0 Å². The van der Waals surface area contributed by atoms with Gasteiger partial charge in [-0.2, -0.15) is 0 Å². The van der Waals surface area contributed by atoms with Crippen LogP contribution in [-0.4, -0.2) is 48.6 Å². The van der Waals surface area contributed by atoms with Crippen LogP contribution in [0, 0.1) is 5.92 Å². The van der Waals surface area contributed by atoms with Gasteiger partial charge in [-0.1, -0.05) is 44.1 Å². The lowest BCUT2D eigenvalue weighted by Crippen LogP contribution is -2.19. The van der Waals surface area contributed by atoms with E-state index in [1.54, 1.807) is 6.07 Å². The number of hydrogen-bond acceptors (Lipinski definition) is 8. The molecule has 0 aliphatic carbocycles. The van der Waals surface area contributed by atoms with E-state index in [4.69, 9.17) is 22.2 Å². The van der Waals surface area contributed by atoms with Gasteiger partial charge in [-0.15, -0.1) is 0 Å². The molecule has 0 unspecified atom stereocenters. The molecule has 1 saturated heterocycles. The summed E-state index contributed by atoms with van der Waals surface area (Å²) in [5, 5.41) is 9.43. The van der Waals surface area contributed by atoms with E-state index in [0.29, 0.717) is 23.5 Å². The molecule has 4 rings (SSSR count). The minimum absolute atomic E-state index is 0.170. The molecule has 1 aromatic carbocycles. The molecule has 1 aliphatic rings. The van der Waals surface area contributed by atoms with Crippen molar-refractivity contribution in [2.24, 2.45) is 5.92 Å². The molecule has 2 amide bonds. The third-order valence-corrected chi connectivity index (χ3v) is 6.18. The summed E-state index contributed by atoms with van der Waals surface area (Å²) in [6, 6.07) is 13.3. The second kappa shape index (κ2) is 13.7. The molecule has 2 aromatic heterocycles. The molecule has 1 aliphatic heterocycles. The number of nitrogens with zero attached hydrogens (tertiary/aromatic N) is 2. The minimum Gasteiger partial charge on any atom is -0.748 e. The number of aromatic nitrogens is 2. The van der Waals surface area contributed by atoms with Gasteiger partial charge in [-0.3, -0.25) is 10.3 Å². The van der Waals surface area contributed by atoms with Crippen molar-refractivity contribution in [2.45, 2.75) is 58.3 Å². The number of amides is 2. The second-order valence-corrected chi connectivity index (χ2v) is 12.1. The van der Waals surface area contributed by atoms with Crippen LogP contribution in [0.2, 0.25) is 0 Å². The molecule has 0 saturated carbocycles. The fourth-order valence-electron chi connectivity index (χ4n) is 4.06. The summed E-state index contributed by atoms with van der Waals surface area (Å²) in [7, 11) is -3.92. The van der Waals surface area contributed by atoms with Crippen LogP contribution in [0.1, 0.15) is 57.9 Å². The number of carbonyl (C=O) groups is 1. The van der Waals surface area contributed by atoms with Crippen molar-refractivity contribution in [1.82, 2.24) is 10.1 Å². The molecule has 3 heterocycles. The predicted molar refractivity (Wildman–Crippen MR) is 150 cm³/mol. The van der Waals surface area contributed by atoms with Crippen LogP contribution < -0.4 is 10.6 Å². The zero-order chi connectivity index (χ0) is 28.5. The molecular weight excluding hydrogens is 520 g/mol.